The van der Waals surface area contributed by atoms with Crippen LogP contribution in [0.4, 0.5) is 0 Å². The Bertz CT molecular complexity index is 855. The SMILES string of the molecule is O=C(c1ccc2[nH]c(=O)oc2c1)N1CCN(C(=O)C2CCCC2)CC1. The van der Waals surface area contributed by atoms with Gasteiger partial charge in [0.2, 0.25) is 5.91 Å². The van der Waals surface area contributed by atoms with Crippen LogP contribution in [0.25, 0.3) is 11.1 Å². The monoisotopic (exact) mass is 343 g/mol. The predicted molar refractivity (Wildman–Crippen MR) is 91.3 cm³/mol. The number of fused-ring (bicyclic) bond motifs is 1. The second-order valence-electron chi connectivity index (χ2n) is 6.82. The Labute approximate surface area is 144 Å². The van der Waals surface area contributed by atoms with Crippen molar-refractivity contribution < 1.29 is 14.0 Å². The first-order chi connectivity index (χ1) is 12.1. The molecule has 7 heteroatoms. The van der Waals surface area contributed by atoms with Gasteiger partial charge in [-0.15, -0.1) is 0 Å². The molecular weight excluding hydrogens is 322 g/mol. The lowest BCUT2D eigenvalue weighted by molar-refractivity contribution is -0.136. The number of oxazole rings is 1. The summed E-state index contributed by atoms with van der Waals surface area (Å²) in [6.45, 7) is 2.24. The van der Waals surface area contributed by atoms with Crippen LogP contribution in [0, 0.1) is 5.92 Å². The molecular formula is C18H21N3O4. The van der Waals surface area contributed by atoms with Gasteiger partial charge in [-0.1, -0.05) is 12.8 Å². The Morgan fingerprint density at radius 2 is 1.72 bits per heavy atom. The van der Waals surface area contributed by atoms with Crippen molar-refractivity contribution in [2.75, 3.05) is 26.2 Å². The lowest BCUT2D eigenvalue weighted by Crippen LogP contribution is -2.51. The van der Waals surface area contributed by atoms with E-state index in [-0.39, 0.29) is 17.7 Å². The minimum absolute atomic E-state index is 0.0984. The minimum atomic E-state index is -0.529. The van der Waals surface area contributed by atoms with E-state index in [1.807, 2.05) is 4.90 Å². The van der Waals surface area contributed by atoms with E-state index in [4.69, 9.17) is 4.42 Å². The van der Waals surface area contributed by atoms with Gasteiger partial charge in [-0.25, -0.2) is 4.79 Å². The van der Waals surface area contributed by atoms with E-state index < -0.39 is 5.76 Å². The molecule has 25 heavy (non-hydrogen) atoms. The third-order valence-electron chi connectivity index (χ3n) is 5.25. The molecule has 0 atom stereocenters. The number of benzene rings is 1. The molecule has 0 spiro atoms. The second kappa shape index (κ2) is 6.38. The number of H-pyrrole nitrogens is 1. The molecule has 132 valence electrons. The molecule has 1 saturated carbocycles. The number of nitrogens with one attached hydrogen (secondary N) is 1. The molecule has 2 aliphatic rings. The Balaban J connectivity index is 1.41. The molecule has 0 bridgehead atoms. The summed E-state index contributed by atoms with van der Waals surface area (Å²) in [5.74, 6) is -0.196. The van der Waals surface area contributed by atoms with Crippen molar-refractivity contribution in [2.45, 2.75) is 25.7 Å². The number of amides is 2. The number of rotatable bonds is 2. The summed E-state index contributed by atoms with van der Waals surface area (Å²) in [5.41, 5.74) is 1.45. The maximum atomic E-state index is 12.7. The molecule has 0 radical (unpaired) electrons. The summed E-state index contributed by atoms with van der Waals surface area (Å²) < 4.78 is 5.02. The van der Waals surface area contributed by atoms with Crippen molar-refractivity contribution in [3.8, 4) is 0 Å². The summed E-state index contributed by atoms with van der Waals surface area (Å²) in [7, 11) is 0. The zero-order valence-electron chi connectivity index (χ0n) is 14.0. The molecule has 1 saturated heterocycles. The second-order valence-corrected chi connectivity index (χ2v) is 6.82. The standard InChI is InChI=1S/C18H21N3O4/c22-16(12-3-1-2-4-12)20-7-9-21(10-8-20)17(23)13-5-6-14-15(11-13)25-18(24)19-14/h5-6,11-12H,1-4,7-10H2,(H,19,24). The zero-order chi connectivity index (χ0) is 17.4. The van der Waals surface area contributed by atoms with E-state index in [0.717, 1.165) is 25.7 Å². The van der Waals surface area contributed by atoms with Gasteiger partial charge in [0.15, 0.2) is 5.58 Å². The molecule has 0 unspecified atom stereocenters. The van der Waals surface area contributed by atoms with Crippen LogP contribution < -0.4 is 5.76 Å². The van der Waals surface area contributed by atoms with Gasteiger partial charge >= 0.3 is 5.76 Å². The van der Waals surface area contributed by atoms with Crippen LogP contribution in [0.5, 0.6) is 0 Å². The first-order valence-electron chi connectivity index (χ1n) is 8.83. The van der Waals surface area contributed by atoms with Gasteiger partial charge in [0.25, 0.3) is 5.91 Å². The van der Waals surface area contributed by atoms with Crippen molar-refractivity contribution in [1.82, 2.24) is 14.8 Å². The fraction of sp³-hybridized carbons (Fsp3) is 0.500. The molecule has 2 heterocycles. The number of carbonyl (C=O) groups is 2. The lowest BCUT2D eigenvalue weighted by atomic mass is 10.1. The molecule has 1 aromatic heterocycles. The average molecular weight is 343 g/mol. The fourth-order valence-corrected chi connectivity index (χ4v) is 3.82. The normalized spacial score (nSPS) is 18.9. The quantitative estimate of drug-likeness (QED) is 0.897. The molecule has 7 nitrogen and oxygen atoms in total. The van der Waals surface area contributed by atoms with Crippen molar-refractivity contribution in [3.05, 3.63) is 34.3 Å². The molecule has 1 aliphatic carbocycles. The molecule has 4 rings (SSSR count). The Morgan fingerprint density at radius 3 is 2.44 bits per heavy atom. The number of piperazine rings is 1. The molecule has 2 aromatic rings. The van der Waals surface area contributed by atoms with E-state index >= 15 is 0 Å². The topological polar surface area (TPSA) is 86.6 Å². The molecule has 1 N–H and O–H groups in total. The van der Waals surface area contributed by atoms with Crippen molar-refractivity contribution >= 4 is 22.9 Å². The third kappa shape index (κ3) is 3.06. The van der Waals surface area contributed by atoms with Crippen LogP contribution >= 0.6 is 0 Å². The van der Waals surface area contributed by atoms with E-state index in [2.05, 4.69) is 4.98 Å². The smallest absolute Gasteiger partial charge is 0.408 e. The van der Waals surface area contributed by atoms with Gasteiger partial charge < -0.3 is 14.2 Å². The maximum absolute atomic E-state index is 12.7. The van der Waals surface area contributed by atoms with Crippen LogP contribution in [0.2, 0.25) is 0 Å². The van der Waals surface area contributed by atoms with Crippen LogP contribution in [0.1, 0.15) is 36.0 Å². The number of carbonyl (C=O) groups excluding carboxylic acids is 2. The highest BCUT2D eigenvalue weighted by Crippen LogP contribution is 2.27. The summed E-state index contributed by atoms with van der Waals surface area (Å²) in [6, 6.07) is 4.95. The van der Waals surface area contributed by atoms with Gasteiger partial charge in [-0.2, -0.15) is 0 Å². The average Bonchev–Trinajstić information content (AvgIpc) is 3.28. The highest BCUT2D eigenvalue weighted by molar-refractivity contribution is 5.97. The number of aromatic amines is 1. The van der Waals surface area contributed by atoms with Gasteiger partial charge in [-0.05, 0) is 31.0 Å². The van der Waals surface area contributed by atoms with Gasteiger partial charge in [0.05, 0.1) is 5.52 Å². The van der Waals surface area contributed by atoms with Gasteiger partial charge in [0.1, 0.15) is 0 Å². The molecule has 2 fully saturated rings. The molecule has 2 amide bonds. The van der Waals surface area contributed by atoms with Crippen molar-refractivity contribution in [1.29, 1.82) is 0 Å². The van der Waals surface area contributed by atoms with E-state index in [0.29, 0.717) is 42.8 Å². The Kier molecular flexibility index (Phi) is 4.07. The van der Waals surface area contributed by atoms with E-state index in [1.54, 1.807) is 23.1 Å². The van der Waals surface area contributed by atoms with Crippen LogP contribution in [0.15, 0.2) is 27.4 Å². The van der Waals surface area contributed by atoms with Crippen molar-refractivity contribution in [3.63, 3.8) is 0 Å². The summed E-state index contributed by atoms with van der Waals surface area (Å²) in [5, 5.41) is 0. The largest absolute Gasteiger partial charge is 0.417 e. The highest BCUT2D eigenvalue weighted by Gasteiger charge is 2.30. The lowest BCUT2D eigenvalue weighted by Gasteiger charge is -2.36. The summed E-state index contributed by atoms with van der Waals surface area (Å²) in [4.78, 5) is 42.6. The van der Waals surface area contributed by atoms with Crippen molar-refractivity contribution in [2.24, 2.45) is 5.92 Å². The van der Waals surface area contributed by atoms with Crippen LogP contribution in [0.3, 0.4) is 0 Å². The van der Waals surface area contributed by atoms with Gasteiger partial charge in [0, 0.05) is 37.7 Å². The van der Waals surface area contributed by atoms with Crippen LogP contribution in [-0.2, 0) is 4.79 Å². The highest BCUT2D eigenvalue weighted by atomic mass is 16.4. The van der Waals surface area contributed by atoms with Gasteiger partial charge in [-0.3, -0.25) is 14.6 Å². The number of hydrogen-bond donors (Lipinski definition) is 1. The predicted octanol–water partition coefficient (Wildman–Crippen LogP) is 1.60. The number of hydrogen-bond acceptors (Lipinski definition) is 4. The number of aromatic nitrogens is 1. The first kappa shape index (κ1) is 15.9. The Morgan fingerprint density at radius 1 is 1.04 bits per heavy atom. The third-order valence-corrected chi connectivity index (χ3v) is 5.25. The Hall–Kier alpha value is -2.57. The minimum Gasteiger partial charge on any atom is -0.408 e. The fourth-order valence-electron chi connectivity index (χ4n) is 3.82. The summed E-state index contributed by atoms with van der Waals surface area (Å²) in [6.07, 6.45) is 4.29. The van der Waals surface area contributed by atoms with E-state index in [9.17, 15) is 14.4 Å². The molecule has 1 aliphatic heterocycles. The first-order valence-corrected chi connectivity index (χ1v) is 8.83. The van der Waals surface area contributed by atoms with Crippen LogP contribution in [-0.4, -0.2) is 52.8 Å². The summed E-state index contributed by atoms with van der Waals surface area (Å²) >= 11 is 0. The van der Waals surface area contributed by atoms with E-state index in [1.165, 1.54) is 0 Å². The molecule has 1 aromatic carbocycles. The maximum Gasteiger partial charge on any atom is 0.417 e. The zero-order valence-corrected chi connectivity index (χ0v) is 14.0. The number of nitrogens with zero attached hydrogens (tertiary/aromatic N) is 2.